The van der Waals surface area contributed by atoms with Crippen molar-refractivity contribution < 1.29 is 18.5 Å². The third-order valence-electron chi connectivity index (χ3n) is 3.78. The Hall–Kier alpha value is -3.39. The third kappa shape index (κ3) is 4.12. The number of furan rings is 1. The lowest BCUT2D eigenvalue weighted by Gasteiger charge is -2.09. The molecule has 28 heavy (non-hydrogen) atoms. The zero-order valence-corrected chi connectivity index (χ0v) is 16.0. The molecule has 0 aliphatic rings. The van der Waals surface area contributed by atoms with Crippen molar-refractivity contribution in [3.8, 4) is 28.8 Å². The maximum Gasteiger partial charge on any atom is 0.262 e. The van der Waals surface area contributed by atoms with Gasteiger partial charge in [-0.2, -0.15) is 4.98 Å². The SMILES string of the molecule is O=C(COc1ccc(Br)cc1)Nc1ccccc1-c1nc(-c2ccco2)no1. The van der Waals surface area contributed by atoms with Gasteiger partial charge in [0.25, 0.3) is 11.8 Å². The summed E-state index contributed by atoms with van der Waals surface area (Å²) in [6, 6.07) is 17.9. The van der Waals surface area contributed by atoms with Crippen molar-refractivity contribution in [1.82, 2.24) is 10.1 Å². The molecule has 0 radical (unpaired) electrons. The molecular weight excluding hydrogens is 426 g/mol. The van der Waals surface area contributed by atoms with Gasteiger partial charge in [-0.25, -0.2) is 0 Å². The smallest absolute Gasteiger partial charge is 0.262 e. The molecule has 0 fully saturated rings. The molecule has 2 aromatic carbocycles. The van der Waals surface area contributed by atoms with Crippen LogP contribution in [0.5, 0.6) is 5.75 Å². The molecule has 1 N–H and O–H groups in total. The van der Waals surface area contributed by atoms with Crippen molar-refractivity contribution in [3.63, 3.8) is 0 Å². The Kier molecular flexibility index (Phi) is 5.20. The summed E-state index contributed by atoms with van der Waals surface area (Å²) in [5, 5.41) is 6.73. The van der Waals surface area contributed by atoms with Crippen LogP contribution in [0.1, 0.15) is 0 Å². The Labute approximate surface area is 168 Å². The fourth-order valence-electron chi connectivity index (χ4n) is 2.48. The molecule has 2 heterocycles. The summed E-state index contributed by atoms with van der Waals surface area (Å²) >= 11 is 3.35. The Morgan fingerprint density at radius 2 is 1.89 bits per heavy atom. The van der Waals surface area contributed by atoms with Crippen LogP contribution in [0.15, 0.2) is 80.3 Å². The molecule has 4 aromatic rings. The fraction of sp³-hybridized carbons (Fsp3) is 0.0500. The average molecular weight is 440 g/mol. The summed E-state index contributed by atoms with van der Waals surface area (Å²) in [6.45, 7) is -0.128. The Balaban J connectivity index is 1.47. The van der Waals surface area contributed by atoms with Crippen molar-refractivity contribution in [2.45, 2.75) is 0 Å². The van der Waals surface area contributed by atoms with Crippen molar-refractivity contribution >= 4 is 27.5 Å². The standard InChI is InChI=1S/C20H14BrN3O4/c21-13-7-9-14(10-8-13)27-12-18(25)22-16-5-2-1-4-15(16)20-23-19(24-28-20)17-6-3-11-26-17/h1-11H,12H2,(H,22,25). The summed E-state index contributed by atoms with van der Waals surface area (Å²) in [5.41, 5.74) is 1.14. The average Bonchev–Trinajstić information content (AvgIpc) is 3.40. The van der Waals surface area contributed by atoms with Gasteiger partial charge in [0.15, 0.2) is 12.4 Å². The number of hydrogen-bond donors (Lipinski definition) is 1. The monoisotopic (exact) mass is 439 g/mol. The quantitative estimate of drug-likeness (QED) is 0.464. The van der Waals surface area contributed by atoms with E-state index < -0.39 is 0 Å². The van der Waals surface area contributed by atoms with E-state index in [2.05, 4.69) is 31.4 Å². The first-order valence-electron chi connectivity index (χ1n) is 8.34. The number of para-hydroxylation sites is 1. The normalized spacial score (nSPS) is 10.6. The van der Waals surface area contributed by atoms with E-state index in [0.717, 1.165) is 4.47 Å². The summed E-state index contributed by atoms with van der Waals surface area (Å²) in [7, 11) is 0. The summed E-state index contributed by atoms with van der Waals surface area (Å²) in [4.78, 5) is 16.6. The van der Waals surface area contributed by atoms with Gasteiger partial charge >= 0.3 is 0 Å². The van der Waals surface area contributed by atoms with E-state index in [9.17, 15) is 4.79 Å². The van der Waals surface area contributed by atoms with Gasteiger partial charge < -0.3 is 19.0 Å². The highest BCUT2D eigenvalue weighted by molar-refractivity contribution is 9.10. The van der Waals surface area contributed by atoms with Gasteiger partial charge in [-0.15, -0.1) is 0 Å². The van der Waals surface area contributed by atoms with Crippen LogP contribution in [0, 0.1) is 0 Å². The zero-order valence-electron chi connectivity index (χ0n) is 14.5. The van der Waals surface area contributed by atoms with E-state index in [-0.39, 0.29) is 18.4 Å². The van der Waals surface area contributed by atoms with E-state index in [0.29, 0.717) is 28.6 Å². The van der Waals surface area contributed by atoms with Gasteiger partial charge in [0.1, 0.15) is 5.75 Å². The van der Waals surface area contributed by atoms with E-state index in [1.807, 2.05) is 18.2 Å². The number of aromatic nitrogens is 2. The number of carbonyl (C=O) groups excluding carboxylic acids is 1. The third-order valence-corrected chi connectivity index (χ3v) is 4.31. The first-order valence-corrected chi connectivity index (χ1v) is 9.13. The van der Waals surface area contributed by atoms with Crippen LogP contribution >= 0.6 is 15.9 Å². The fourth-order valence-corrected chi connectivity index (χ4v) is 2.75. The number of rotatable bonds is 6. The number of hydrogen-bond acceptors (Lipinski definition) is 6. The molecule has 7 nitrogen and oxygen atoms in total. The first kappa shape index (κ1) is 18.0. The number of anilines is 1. The van der Waals surface area contributed by atoms with Crippen molar-refractivity contribution in [2.24, 2.45) is 0 Å². The van der Waals surface area contributed by atoms with E-state index in [1.165, 1.54) is 6.26 Å². The maximum absolute atomic E-state index is 12.3. The Morgan fingerprint density at radius 1 is 1.07 bits per heavy atom. The summed E-state index contributed by atoms with van der Waals surface area (Å²) in [5.74, 6) is 1.41. The van der Waals surface area contributed by atoms with Crippen LogP contribution in [0.25, 0.3) is 23.0 Å². The molecule has 0 aliphatic carbocycles. The molecule has 0 unspecified atom stereocenters. The molecule has 0 saturated heterocycles. The van der Waals surface area contributed by atoms with Gasteiger partial charge in [0.05, 0.1) is 17.5 Å². The van der Waals surface area contributed by atoms with Crippen LogP contribution < -0.4 is 10.1 Å². The van der Waals surface area contributed by atoms with Crippen LogP contribution in [0.3, 0.4) is 0 Å². The Morgan fingerprint density at radius 3 is 2.68 bits per heavy atom. The van der Waals surface area contributed by atoms with E-state index in [4.69, 9.17) is 13.7 Å². The van der Waals surface area contributed by atoms with Gasteiger partial charge in [-0.3, -0.25) is 4.79 Å². The van der Waals surface area contributed by atoms with Gasteiger partial charge in [0.2, 0.25) is 5.82 Å². The molecule has 4 rings (SSSR count). The molecule has 0 bridgehead atoms. The minimum atomic E-state index is -0.304. The van der Waals surface area contributed by atoms with Crippen molar-refractivity contribution in [2.75, 3.05) is 11.9 Å². The van der Waals surface area contributed by atoms with Gasteiger partial charge in [-0.05, 0) is 48.5 Å². The second-order valence-corrected chi connectivity index (χ2v) is 6.65. The predicted octanol–water partition coefficient (Wildman–Crippen LogP) is 4.78. The minimum absolute atomic E-state index is 0.128. The number of benzene rings is 2. The first-order chi connectivity index (χ1) is 13.7. The second-order valence-electron chi connectivity index (χ2n) is 5.74. The number of amides is 1. The topological polar surface area (TPSA) is 90.4 Å². The summed E-state index contributed by atoms with van der Waals surface area (Å²) in [6.07, 6.45) is 1.53. The Bertz CT molecular complexity index is 1080. The van der Waals surface area contributed by atoms with Crippen molar-refractivity contribution in [3.05, 3.63) is 71.4 Å². The number of nitrogens with one attached hydrogen (secondary N) is 1. The predicted molar refractivity (Wildman–Crippen MR) is 106 cm³/mol. The highest BCUT2D eigenvalue weighted by atomic mass is 79.9. The molecule has 2 aromatic heterocycles. The summed E-state index contributed by atoms with van der Waals surface area (Å²) < 4.78 is 17.0. The van der Waals surface area contributed by atoms with Crippen LogP contribution in [-0.4, -0.2) is 22.7 Å². The van der Waals surface area contributed by atoms with E-state index in [1.54, 1.807) is 42.5 Å². The molecule has 0 spiro atoms. The zero-order chi connectivity index (χ0) is 19.3. The molecule has 8 heteroatoms. The molecule has 0 aliphatic heterocycles. The lowest BCUT2D eigenvalue weighted by Crippen LogP contribution is -2.20. The number of carbonyl (C=O) groups is 1. The second kappa shape index (κ2) is 8.10. The molecule has 1 amide bonds. The molecule has 140 valence electrons. The lowest BCUT2D eigenvalue weighted by atomic mass is 10.1. The van der Waals surface area contributed by atoms with Gasteiger partial charge in [-0.1, -0.05) is 33.2 Å². The van der Waals surface area contributed by atoms with Crippen LogP contribution in [0.4, 0.5) is 5.69 Å². The van der Waals surface area contributed by atoms with E-state index >= 15 is 0 Å². The molecular formula is C20H14BrN3O4. The molecule has 0 saturated carbocycles. The van der Waals surface area contributed by atoms with Crippen molar-refractivity contribution in [1.29, 1.82) is 0 Å². The molecule has 0 atom stereocenters. The number of halogens is 1. The number of ether oxygens (including phenoxy) is 1. The maximum atomic E-state index is 12.3. The van der Waals surface area contributed by atoms with Gasteiger partial charge in [0, 0.05) is 4.47 Å². The highest BCUT2D eigenvalue weighted by Gasteiger charge is 2.16. The minimum Gasteiger partial charge on any atom is -0.484 e. The number of nitrogens with zero attached hydrogens (tertiary/aromatic N) is 2. The highest BCUT2D eigenvalue weighted by Crippen LogP contribution is 2.28. The van der Waals surface area contributed by atoms with Crippen LogP contribution in [0.2, 0.25) is 0 Å². The largest absolute Gasteiger partial charge is 0.484 e. The van der Waals surface area contributed by atoms with Crippen LogP contribution in [-0.2, 0) is 4.79 Å². The lowest BCUT2D eigenvalue weighted by molar-refractivity contribution is -0.118.